The van der Waals surface area contributed by atoms with Crippen molar-refractivity contribution in [2.24, 2.45) is 0 Å². The summed E-state index contributed by atoms with van der Waals surface area (Å²) in [7, 11) is -2.30. The van der Waals surface area contributed by atoms with E-state index in [-0.39, 0.29) is 16.7 Å². The Morgan fingerprint density at radius 2 is 1.83 bits per heavy atom. The smallest absolute Gasteiger partial charge is 0.252 e. The van der Waals surface area contributed by atoms with Crippen LogP contribution < -0.4 is 10.2 Å². The van der Waals surface area contributed by atoms with Crippen LogP contribution in [0.25, 0.3) is 0 Å². The molecule has 0 atom stereocenters. The monoisotopic (exact) mass is 470 g/mol. The van der Waals surface area contributed by atoms with Crippen LogP contribution in [0.3, 0.4) is 0 Å². The molecule has 1 saturated heterocycles. The van der Waals surface area contributed by atoms with E-state index in [0.717, 1.165) is 54.8 Å². The minimum absolute atomic E-state index is 0.137. The van der Waals surface area contributed by atoms with Crippen LogP contribution in [0.4, 0.5) is 5.69 Å². The average molecular weight is 471 g/mol. The summed E-state index contributed by atoms with van der Waals surface area (Å²) in [6.45, 7) is 5.19. The predicted octanol–water partition coefficient (Wildman–Crippen LogP) is 2.35. The van der Waals surface area contributed by atoms with E-state index < -0.39 is 10.0 Å². The molecule has 0 aliphatic carbocycles. The molecule has 0 bridgehead atoms. The molecule has 0 radical (unpaired) electrons. The molecule has 30 heavy (non-hydrogen) atoms. The Labute approximate surface area is 187 Å². The molecule has 0 spiro atoms. The fourth-order valence-electron chi connectivity index (χ4n) is 3.33. The van der Waals surface area contributed by atoms with Crippen molar-refractivity contribution in [3.8, 4) is 0 Å². The second-order valence-corrected chi connectivity index (χ2v) is 11.2. The standard InChI is InChI=1S/C20H27ClN4O3S2/c1-23(30(27,28)20-9-8-18(21)29-20)16-19(26)22-10-5-11-24-12-14-25(15-13-24)17-6-3-2-4-7-17/h2-4,6-9H,5,10-16H2,1H3,(H,22,26). The maximum absolute atomic E-state index is 12.4. The lowest BCUT2D eigenvalue weighted by atomic mass is 10.2. The number of carbonyl (C=O) groups excluding carboxylic acids is 1. The SMILES string of the molecule is CN(CC(=O)NCCCN1CCN(c2ccccc2)CC1)S(=O)(=O)c1ccc(Cl)s1. The first-order chi connectivity index (χ1) is 14.4. The minimum atomic E-state index is -3.70. The van der Waals surface area contributed by atoms with Gasteiger partial charge in [0, 0.05) is 45.5 Å². The molecule has 1 aromatic carbocycles. The Hall–Kier alpha value is -1.65. The first-order valence-corrected chi connectivity index (χ1v) is 12.5. The normalized spacial score (nSPS) is 15.5. The number of rotatable bonds is 9. The molecule has 7 nitrogen and oxygen atoms in total. The Bertz CT molecular complexity index is 929. The van der Waals surface area contributed by atoms with E-state index in [1.807, 2.05) is 6.07 Å². The van der Waals surface area contributed by atoms with E-state index in [4.69, 9.17) is 11.6 Å². The van der Waals surface area contributed by atoms with Crippen molar-refractivity contribution in [1.29, 1.82) is 0 Å². The van der Waals surface area contributed by atoms with Gasteiger partial charge < -0.3 is 10.2 Å². The summed E-state index contributed by atoms with van der Waals surface area (Å²) in [5.41, 5.74) is 1.26. The zero-order valence-electron chi connectivity index (χ0n) is 17.0. The van der Waals surface area contributed by atoms with E-state index in [0.29, 0.717) is 10.9 Å². The van der Waals surface area contributed by atoms with Gasteiger partial charge in [0.2, 0.25) is 5.91 Å². The number of para-hydroxylation sites is 1. The molecular formula is C20H27ClN4O3S2. The molecule has 1 N–H and O–H groups in total. The summed E-state index contributed by atoms with van der Waals surface area (Å²) < 4.78 is 26.5. The van der Waals surface area contributed by atoms with Crippen LogP contribution in [0, 0.1) is 0 Å². The van der Waals surface area contributed by atoms with Gasteiger partial charge in [-0.25, -0.2) is 8.42 Å². The third-order valence-electron chi connectivity index (χ3n) is 5.05. The Balaban J connectivity index is 1.33. The molecule has 10 heteroatoms. The second-order valence-electron chi connectivity index (χ2n) is 7.19. The minimum Gasteiger partial charge on any atom is -0.369 e. The molecule has 1 aromatic heterocycles. The topological polar surface area (TPSA) is 73.0 Å². The van der Waals surface area contributed by atoms with Crippen LogP contribution in [0.15, 0.2) is 46.7 Å². The van der Waals surface area contributed by atoms with E-state index in [1.54, 1.807) is 0 Å². The Morgan fingerprint density at radius 3 is 2.47 bits per heavy atom. The summed E-state index contributed by atoms with van der Waals surface area (Å²) >= 11 is 6.80. The highest BCUT2D eigenvalue weighted by molar-refractivity contribution is 7.91. The Morgan fingerprint density at radius 1 is 1.13 bits per heavy atom. The van der Waals surface area contributed by atoms with E-state index >= 15 is 0 Å². The van der Waals surface area contributed by atoms with Crippen molar-refractivity contribution in [2.45, 2.75) is 10.6 Å². The van der Waals surface area contributed by atoms with Crippen molar-refractivity contribution in [3.05, 3.63) is 46.8 Å². The second kappa shape index (κ2) is 10.6. The number of hydrogen-bond acceptors (Lipinski definition) is 6. The van der Waals surface area contributed by atoms with Gasteiger partial charge in [0.1, 0.15) is 4.21 Å². The fourth-order valence-corrected chi connectivity index (χ4v) is 6.15. The van der Waals surface area contributed by atoms with Crippen LogP contribution >= 0.6 is 22.9 Å². The van der Waals surface area contributed by atoms with E-state index in [9.17, 15) is 13.2 Å². The predicted molar refractivity (Wildman–Crippen MR) is 122 cm³/mol. The number of amides is 1. The summed E-state index contributed by atoms with van der Waals surface area (Å²) in [4.78, 5) is 16.9. The largest absolute Gasteiger partial charge is 0.369 e. The summed E-state index contributed by atoms with van der Waals surface area (Å²) in [6.07, 6.45) is 0.827. The number of thiophene rings is 1. The lowest BCUT2D eigenvalue weighted by Gasteiger charge is -2.36. The van der Waals surface area contributed by atoms with Gasteiger partial charge in [-0.2, -0.15) is 4.31 Å². The number of benzene rings is 1. The number of halogens is 1. The molecule has 3 rings (SSSR count). The van der Waals surface area contributed by atoms with Crippen LogP contribution in [-0.2, 0) is 14.8 Å². The number of likely N-dealkylation sites (N-methyl/N-ethyl adjacent to an activating group) is 1. The van der Waals surface area contributed by atoms with Crippen molar-refractivity contribution in [1.82, 2.24) is 14.5 Å². The molecule has 2 heterocycles. The summed E-state index contributed by atoms with van der Waals surface area (Å²) in [5.74, 6) is -0.308. The van der Waals surface area contributed by atoms with E-state index in [2.05, 4.69) is 39.4 Å². The molecule has 1 aliphatic rings. The number of nitrogens with one attached hydrogen (secondary N) is 1. The van der Waals surface area contributed by atoms with Gasteiger partial charge in [-0.3, -0.25) is 9.69 Å². The van der Waals surface area contributed by atoms with Gasteiger partial charge >= 0.3 is 0 Å². The highest BCUT2D eigenvalue weighted by Crippen LogP contribution is 2.27. The Kier molecular flexibility index (Phi) is 8.13. The van der Waals surface area contributed by atoms with Gasteiger partial charge in [-0.15, -0.1) is 11.3 Å². The molecule has 1 aliphatic heterocycles. The maximum atomic E-state index is 12.4. The number of hydrogen-bond donors (Lipinski definition) is 1. The number of piperazine rings is 1. The van der Waals surface area contributed by atoms with Crippen molar-refractivity contribution >= 4 is 44.6 Å². The molecule has 1 fully saturated rings. The molecular weight excluding hydrogens is 444 g/mol. The molecule has 2 aromatic rings. The van der Waals surface area contributed by atoms with Crippen molar-refractivity contribution in [3.63, 3.8) is 0 Å². The summed E-state index contributed by atoms with van der Waals surface area (Å²) in [6, 6.07) is 13.4. The number of carbonyl (C=O) groups is 1. The lowest BCUT2D eigenvalue weighted by molar-refractivity contribution is -0.121. The van der Waals surface area contributed by atoms with Crippen LogP contribution in [0.2, 0.25) is 4.34 Å². The van der Waals surface area contributed by atoms with E-state index in [1.165, 1.54) is 24.9 Å². The third kappa shape index (κ3) is 6.18. The van der Waals surface area contributed by atoms with Crippen molar-refractivity contribution in [2.75, 3.05) is 57.8 Å². The molecule has 164 valence electrons. The number of sulfonamides is 1. The quantitative estimate of drug-likeness (QED) is 0.569. The molecule has 0 unspecified atom stereocenters. The number of anilines is 1. The first-order valence-electron chi connectivity index (χ1n) is 9.87. The summed E-state index contributed by atoms with van der Waals surface area (Å²) in [5, 5.41) is 2.81. The van der Waals surface area contributed by atoms with Gasteiger partial charge in [0.15, 0.2) is 0 Å². The van der Waals surface area contributed by atoms with Crippen molar-refractivity contribution < 1.29 is 13.2 Å². The molecule has 0 saturated carbocycles. The highest BCUT2D eigenvalue weighted by Gasteiger charge is 2.24. The fraction of sp³-hybridized carbons (Fsp3) is 0.450. The van der Waals surface area contributed by atoms with Gasteiger partial charge in [0.25, 0.3) is 10.0 Å². The first kappa shape index (κ1) is 23.0. The van der Waals surface area contributed by atoms with Crippen LogP contribution in [0.1, 0.15) is 6.42 Å². The van der Waals surface area contributed by atoms with Gasteiger partial charge in [0.05, 0.1) is 10.9 Å². The maximum Gasteiger partial charge on any atom is 0.252 e. The van der Waals surface area contributed by atoms with Gasteiger partial charge in [-0.1, -0.05) is 29.8 Å². The average Bonchev–Trinajstić information content (AvgIpc) is 3.19. The third-order valence-corrected chi connectivity index (χ3v) is 8.55. The molecule has 1 amide bonds. The number of nitrogens with zero attached hydrogens (tertiary/aromatic N) is 3. The lowest BCUT2D eigenvalue weighted by Crippen LogP contribution is -2.47. The zero-order valence-corrected chi connectivity index (χ0v) is 19.3. The zero-order chi connectivity index (χ0) is 21.6. The van der Waals surface area contributed by atoms with Gasteiger partial charge in [-0.05, 0) is 37.2 Å². The highest BCUT2D eigenvalue weighted by atomic mass is 35.5. The van der Waals surface area contributed by atoms with Crippen LogP contribution in [0.5, 0.6) is 0 Å². The van der Waals surface area contributed by atoms with Crippen LogP contribution in [-0.4, -0.2) is 76.4 Å².